The second-order valence-electron chi connectivity index (χ2n) is 4.39. The minimum Gasteiger partial charge on any atom is -0.390 e. The molecule has 0 amide bonds. The van der Waals surface area contributed by atoms with Gasteiger partial charge in [0.25, 0.3) is 0 Å². The maximum atomic E-state index is 9.33. The van der Waals surface area contributed by atoms with Crippen molar-refractivity contribution in [2.24, 2.45) is 0 Å². The van der Waals surface area contributed by atoms with Gasteiger partial charge in [-0.3, -0.25) is 0 Å². The molecule has 17 heavy (non-hydrogen) atoms. The Morgan fingerprint density at radius 3 is 3.00 bits per heavy atom. The first-order chi connectivity index (χ1) is 8.40. The van der Waals surface area contributed by atoms with Crippen LogP contribution in [0.2, 0.25) is 0 Å². The summed E-state index contributed by atoms with van der Waals surface area (Å²) in [6.45, 7) is 0.771. The molecule has 1 aliphatic heterocycles. The van der Waals surface area contributed by atoms with E-state index in [2.05, 4.69) is 5.10 Å². The zero-order valence-electron chi connectivity index (χ0n) is 9.67. The van der Waals surface area contributed by atoms with Crippen LogP contribution in [0.4, 0.5) is 0 Å². The van der Waals surface area contributed by atoms with Crippen LogP contribution in [-0.2, 0) is 11.3 Å². The number of aliphatic hydroxyl groups excluding tert-OH is 1. The zero-order chi connectivity index (χ0) is 11.7. The quantitative estimate of drug-likeness (QED) is 0.863. The Labute approximate surface area is 99.8 Å². The maximum Gasteiger partial charge on any atom is 0.150 e. The van der Waals surface area contributed by atoms with Gasteiger partial charge in [-0.25, -0.2) is 4.68 Å². The lowest BCUT2D eigenvalue weighted by Crippen LogP contribution is -2.19. The lowest BCUT2D eigenvalue weighted by atomic mass is 10.2. The third kappa shape index (κ3) is 1.83. The SMILES string of the molecule is OCc1nn(C2CCCCO2)c2ccccc12. The Kier molecular flexibility index (Phi) is 2.82. The number of hydrogen-bond acceptors (Lipinski definition) is 3. The van der Waals surface area contributed by atoms with Crippen LogP contribution in [0.3, 0.4) is 0 Å². The number of benzene rings is 1. The molecule has 0 aliphatic carbocycles. The fraction of sp³-hybridized carbons (Fsp3) is 0.462. The zero-order valence-corrected chi connectivity index (χ0v) is 9.67. The van der Waals surface area contributed by atoms with Crippen molar-refractivity contribution >= 4 is 10.9 Å². The van der Waals surface area contributed by atoms with Crippen LogP contribution in [0.5, 0.6) is 0 Å². The van der Waals surface area contributed by atoms with E-state index in [4.69, 9.17) is 4.74 Å². The molecular formula is C13H16N2O2. The van der Waals surface area contributed by atoms with E-state index < -0.39 is 0 Å². The predicted molar refractivity (Wildman–Crippen MR) is 64.5 cm³/mol. The highest BCUT2D eigenvalue weighted by molar-refractivity contribution is 5.81. The van der Waals surface area contributed by atoms with Gasteiger partial charge in [-0.1, -0.05) is 18.2 Å². The number of hydrogen-bond donors (Lipinski definition) is 1. The second-order valence-corrected chi connectivity index (χ2v) is 4.39. The van der Waals surface area contributed by atoms with Crippen LogP contribution in [0.1, 0.15) is 31.2 Å². The molecule has 1 atom stereocenters. The van der Waals surface area contributed by atoms with Crippen LogP contribution in [0, 0.1) is 0 Å². The standard InChI is InChI=1S/C13H16N2O2/c16-9-11-10-5-1-2-6-12(10)15(14-11)13-7-3-4-8-17-13/h1-2,5-6,13,16H,3-4,7-9H2. The van der Waals surface area contributed by atoms with Crippen LogP contribution < -0.4 is 0 Å². The monoisotopic (exact) mass is 232 g/mol. The molecule has 2 heterocycles. The molecule has 1 unspecified atom stereocenters. The maximum absolute atomic E-state index is 9.33. The van der Waals surface area contributed by atoms with Crippen molar-refractivity contribution < 1.29 is 9.84 Å². The fourth-order valence-corrected chi connectivity index (χ4v) is 2.41. The summed E-state index contributed by atoms with van der Waals surface area (Å²) in [5.41, 5.74) is 1.78. The molecular weight excluding hydrogens is 216 g/mol. The lowest BCUT2D eigenvalue weighted by molar-refractivity contribution is -0.0370. The van der Waals surface area contributed by atoms with Crippen LogP contribution >= 0.6 is 0 Å². The molecule has 1 aliphatic rings. The highest BCUT2D eigenvalue weighted by Crippen LogP contribution is 2.27. The summed E-state index contributed by atoms with van der Waals surface area (Å²) in [5, 5.41) is 14.8. The Morgan fingerprint density at radius 2 is 2.24 bits per heavy atom. The van der Waals surface area contributed by atoms with Gasteiger partial charge in [0, 0.05) is 12.0 Å². The minimum atomic E-state index is -0.0275. The number of fused-ring (bicyclic) bond motifs is 1. The summed E-state index contributed by atoms with van der Waals surface area (Å²) in [7, 11) is 0. The number of ether oxygens (including phenoxy) is 1. The van der Waals surface area contributed by atoms with Crippen molar-refractivity contribution in [1.29, 1.82) is 0 Å². The average molecular weight is 232 g/mol. The van der Waals surface area contributed by atoms with Gasteiger partial charge in [0.15, 0.2) is 6.23 Å². The smallest absolute Gasteiger partial charge is 0.150 e. The number of nitrogens with zero attached hydrogens (tertiary/aromatic N) is 2. The van der Waals surface area contributed by atoms with Crippen molar-refractivity contribution in [1.82, 2.24) is 9.78 Å². The van der Waals surface area contributed by atoms with Gasteiger partial charge in [0.2, 0.25) is 0 Å². The van der Waals surface area contributed by atoms with E-state index >= 15 is 0 Å². The molecule has 0 spiro atoms. The molecule has 1 aromatic heterocycles. The predicted octanol–water partition coefficient (Wildman–Crippen LogP) is 2.23. The molecule has 1 fully saturated rings. The molecule has 2 aromatic rings. The van der Waals surface area contributed by atoms with E-state index in [1.165, 1.54) is 6.42 Å². The molecule has 0 radical (unpaired) electrons. The first-order valence-corrected chi connectivity index (χ1v) is 6.09. The Hall–Kier alpha value is -1.39. The number of aromatic nitrogens is 2. The second kappa shape index (κ2) is 4.47. The highest BCUT2D eigenvalue weighted by atomic mass is 16.5. The van der Waals surface area contributed by atoms with E-state index in [9.17, 15) is 5.11 Å². The van der Waals surface area contributed by atoms with Gasteiger partial charge < -0.3 is 9.84 Å². The van der Waals surface area contributed by atoms with Gasteiger partial charge >= 0.3 is 0 Å². The summed E-state index contributed by atoms with van der Waals surface area (Å²) >= 11 is 0. The molecule has 1 N–H and O–H groups in total. The van der Waals surface area contributed by atoms with Gasteiger partial charge in [0.1, 0.15) is 0 Å². The molecule has 4 heteroatoms. The molecule has 90 valence electrons. The molecule has 4 nitrogen and oxygen atoms in total. The Morgan fingerprint density at radius 1 is 1.35 bits per heavy atom. The van der Waals surface area contributed by atoms with E-state index in [1.807, 2.05) is 28.9 Å². The van der Waals surface area contributed by atoms with Gasteiger partial charge in [-0.15, -0.1) is 0 Å². The van der Waals surface area contributed by atoms with Crippen molar-refractivity contribution in [3.05, 3.63) is 30.0 Å². The van der Waals surface area contributed by atoms with Crippen molar-refractivity contribution in [2.45, 2.75) is 32.1 Å². The van der Waals surface area contributed by atoms with Gasteiger partial charge in [-0.2, -0.15) is 5.10 Å². The summed E-state index contributed by atoms with van der Waals surface area (Å²) in [4.78, 5) is 0. The minimum absolute atomic E-state index is 0.0222. The molecule has 0 bridgehead atoms. The Bertz CT molecular complexity index is 515. The molecule has 1 saturated heterocycles. The molecule has 1 aromatic carbocycles. The molecule has 3 rings (SSSR count). The highest BCUT2D eigenvalue weighted by Gasteiger charge is 2.20. The first kappa shape index (κ1) is 10.7. The molecule has 0 saturated carbocycles. The third-order valence-corrected chi connectivity index (χ3v) is 3.27. The van der Waals surface area contributed by atoms with Gasteiger partial charge in [0.05, 0.1) is 17.8 Å². The number of para-hydroxylation sites is 1. The van der Waals surface area contributed by atoms with Crippen molar-refractivity contribution in [3.63, 3.8) is 0 Å². The fourth-order valence-electron chi connectivity index (χ4n) is 2.41. The summed E-state index contributed by atoms with van der Waals surface area (Å²) < 4.78 is 7.67. The third-order valence-electron chi connectivity index (χ3n) is 3.27. The van der Waals surface area contributed by atoms with E-state index in [-0.39, 0.29) is 12.8 Å². The summed E-state index contributed by atoms with van der Waals surface area (Å²) in [6, 6.07) is 7.98. The lowest BCUT2D eigenvalue weighted by Gasteiger charge is -2.23. The first-order valence-electron chi connectivity index (χ1n) is 6.09. The van der Waals surface area contributed by atoms with Crippen LogP contribution in [-0.4, -0.2) is 21.5 Å². The van der Waals surface area contributed by atoms with E-state index in [0.717, 1.165) is 36.0 Å². The summed E-state index contributed by atoms with van der Waals surface area (Å²) in [6.07, 6.45) is 3.32. The number of aliphatic hydroxyl groups is 1. The van der Waals surface area contributed by atoms with Crippen molar-refractivity contribution in [2.75, 3.05) is 6.61 Å². The Balaban J connectivity index is 2.08. The van der Waals surface area contributed by atoms with Crippen LogP contribution in [0.25, 0.3) is 10.9 Å². The van der Waals surface area contributed by atoms with E-state index in [1.54, 1.807) is 0 Å². The number of rotatable bonds is 2. The largest absolute Gasteiger partial charge is 0.390 e. The van der Waals surface area contributed by atoms with Crippen LogP contribution in [0.15, 0.2) is 24.3 Å². The van der Waals surface area contributed by atoms with E-state index in [0.29, 0.717) is 0 Å². The normalized spacial score (nSPS) is 20.9. The topological polar surface area (TPSA) is 47.3 Å². The van der Waals surface area contributed by atoms with Gasteiger partial charge in [-0.05, 0) is 25.3 Å². The van der Waals surface area contributed by atoms with Crippen molar-refractivity contribution in [3.8, 4) is 0 Å². The summed E-state index contributed by atoms with van der Waals surface area (Å²) in [5.74, 6) is 0. The average Bonchev–Trinajstić information content (AvgIpc) is 2.78.